The number of amides is 1. The fourth-order valence-corrected chi connectivity index (χ4v) is 4.73. The zero-order chi connectivity index (χ0) is 23.4. The first-order valence-corrected chi connectivity index (χ1v) is 11.5. The van der Waals surface area contributed by atoms with E-state index in [2.05, 4.69) is 17.9 Å². The van der Waals surface area contributed by atoms with Crippen molar-refractivity contribution >= 4 is 16.9 Å². The first-order valence-electron chi connectivity index (χ1n) is 11.5. The number of para-hydroxylation sites is 1. The van der Waals surface area contributed by atoms with Crippen LogP contribution in [0.1, 0.15) is 47.7 Å². The number of unbranched alkanes of at least 4 members (excludes halogenated alkanes) is 1. The lowest BCUT2D eigenvalue weighted by atomic mass is 9.95. The number of carbonyl (C=O) groups is 1. The molecule has 0 radical (unpaired) electrons. The Kier molecular flexibility index (Phi) is 7.18. The molecule has 1 aromatic heterocycles. The molecule has 1 aliphatic heterocycles. The van der Waals surface area contributed by atoms with Crippen molar-refractivity contribution in [2.24, 2.45) is 5.73 Å². The van der Waals surface area contributed by atoms with E-state index in [9.17, 15) is 9.18 Å². The van der Waals surface area contributed by atoms with E-state index in [4.69, 9.17) is 19.6 Å². The maximum Gasteiger partial charge on any atom is 0.249 e. The van der Waals surface area contributed by atoms with Crippen molar-refractivity contribution in [3.63, 3.8) is 0 Å². The van der Waals surface area contributed by atoms with Gasteiger partial charge in [-0.05, 0) is 69.0 Å². The SMILES string of the molecule is CCCN(CCCCc1coc2c(OC)cccc12)[C@H]1COc2c(F)ccc(C(N)=O)c2C1. The van der Waals surface area contributed by atoms with Gasteiger partial charge < -0.3 is 19.6 Å². The van der Waals surface area contributed by atoms with E-state index in [-0.39, 0.29) is 11.8 Å². The third-order valence-electron chi connectivity index (χ3n) is 6.37. The standard InChI is InChI=1S/C26H31FN2O4/c1-3-12-29(18-14-21-20(26(28)30)10-11-22(27)24(21)33-16-18)13-5-4-7-17-15-32-25-19(17)8-6-9-23(25)31-2/h6,8-11,15,18H,3-5,7,12-14,16H2,1-2H3,(H2,28,30)/t18-/m1/s1. The lowest BCUT2D eigenvalue weighted by molar-refractivity contribution is 0.0984. The molecule has 0 spiro atoms. The highest BCUT2D eigenvalue weighted by molar-refractivity contribution is 5.95. The topological polar surface area (TPSA) is 77.9 Å². The summed E-state index contributed by atoms with van der Waals surface area (Å²) in [6.45, 7) is 4.36. The summed E-state index contributed by atoms with van der Waals surface area (Å²) in [5.74, 6) is -0.0838. The van der Waals surface area contributed by atoms with Crippen LogP contribution in [-0.2, 0) is 12.8 Å². The summed E-state index contributed by atoms with van der Waals surface area (Å²) in [5, 5.41) is 1.10. The number of carbonyl (C=O) groups excluding carboxylic acids is 1. The molecule has 2 N–H and O–H groups in total. The molecular formula is C26H31FN2O4. The number of ether oxygens (including phenoxy) is 2. The molecule has 1 amide bonds. The highest BCUT2D eigenvalue weighted by Crippen LogP contribution is 2.33. The molecule has 0 unspecified atom stereocenters. The third-order valence-corrected chi connectivity index (χ3v) is 6.37. The molecular weight excluding hydrogens is 423 g/mol. The van der Waals surface area contributed by atoms with Crippen LogP contribution in [0.2, 0.25) is 0 Å². The summed E-state index contributed by atoms with van der Waals surface area (Å²) >= 11 is 0. The van der Waals surface area contributed by atoms with Gasteiger partial charge in [0.2, 0.25) is 5.91 Å². The summed E-state index contributed by atoms with van der Waals surface area (Å²) in [6, 6.07) is 8.73. The Morgan fingerprint density at radius 2 is 2.09 bits per heavy atom. The van der Waals surface area contributed by atoms with E-state index < -0.39 is 11.7 Å². The minimum Gasteiger partial charge on any atom is -0.493 e. The van der Waals surface area contributed by atoms with E-state index in [1.54, 1.807) is 7.11 Å². The zero-order valence-electron chi connectivity index (χ0n) is 19.2. The lowest BCUT2D eigenvalue weighted by Crippen LogP contribution is -2.44. The van der Waals surface area contributed by atoms with Crippen LogP contribution in [0.15, 0.2) is 41.0 Å². The molecule has 1 atom stereocenters. The van der Waals surface area contributed by atoms with Crippen LogP contribution in [0.3, 0.4) is 0 Å². The number of hydrogen-bond donors (Lipinski definition) is 1. The lowest BCUT2D eigenvalue weighted by Gasteiger charge is -2.35. The molecule has 3 aromatic rings. The summed E-state index contributed by atoms with van der Waals surface area (Å²) in [6.07, 6.45) is 6.31. The second-order valence-corrected chi connectivity index (χ2v) is 8.53. The van der Waals surface area contributed by atoms with Gasteiger partial charge in [0.1, 0.15) is 6.61 Å². The van der Waals surface area contributed by atoms with Crippen molar-refractivity contribution in [1.82, 2.24) is 4.90 Å². The van der Waals surface area contributed by atoms with E-state index in [0.29, 0.717) is 24.2 Å². The van der Waals surface area contributed by atoms with Gasteiger partial charge in [-0.3, -0.25) is 9.69 Å². The molecule has 176 valence electrons. The van der Waals surface area contributed by atoms with Crippen molar-refractivity contribution in [2.75, 3.05) is 26.8 Å². The largest absolute Gasteiger partial charge is 0.493 e. The van der Waals surface area contributed by atoms with Crippen LogP contribution in [-0.4, -0.2) is 43.7 Å². The van der Waals surface area contributed by atoms with Gasteiger partial charge in [0.25, 0.3) is 0 Å². The molecule has 4 rings (SSSR count). The van der Waals surface area contributed by atoms with Crippen LogP contribution in [0.5, 0.6) is 11.5 Å². The summed E-state index contributed by atoms with van der Waals surface area (Å²) < 4.78 is 31.1. The van der Waals surface area contributed by atoms with Crippen LogP contribution in [0.4, 0.5) is 4.39 Å². The highest BCUT2D eigenvalue weighted by Gasteiger charge is 2.29. The number of halogens is 1. The fourth-order valence-electron chi connectivity index (χ4n) is 4.73. The molecule has 0 aliphatic carbocycles. The molecule has 7 heteroatoms. The molecule has 0 bridgehead atoms. The van der Waals surface area contributed by atoms with Gasteiger partial charge in [0, 0.05) is 22.6 Å². The summed E-state index contributed by atoms with van der Waals surface area (Å²) in [4.78, 5) is 14.2. The van der Waals surface area contributed by atoms with Crippen molar-refractivity contribution in [1.29, 1.82) is 0 Å². The minimum atomic E-state index is -0.554. The Balaban J connectivity index is 1.39. The third kappa shape index (κ3) is 4.83. The Morgan fingerprint density at radius 3 is 2.85 bits per heavy atom. The van der Waals surface area contributed by atoms with E-state index in [1.165, 1.54) is 17.7 Å². The Morgan fingerprint density at radius 1 is 1.24 bits per heavy atom. The molecule has 0 saturated carbocycles. The molecule has 0 fully saturated rings. The zero-order valence-corrected chi connectivity index (χ0v) is 19.2. The molecule has 2 heterocycles. The van der Waals surface area contributed by atoms with Gasteiger partial charge >= 0.3 is 0 Å². The number of methoxy groups -OCH3 is 1. The monoisotopic (exact) mass is 454 g/mol. The van der Waals surface area contributed by atoms with E-state index in [0.717, 1.165) is 55.5 Å². The number of benzene rings is 2. The first kappa shape index (κ1) is 23.1. The molecule has 6 nitrogen and oxygen atoms in total. The normalized spacial score (nSPS) is 15.5. The number of nitrogens with zero attached hydrogens (tertiary/aromatic N) is 1. The summed E-state index contributed by atoms with van der Waals surface area (Å²) in [5.41, 5.74) is 8.42. The maximum absolute atomic E-state index is 14.2. The predicted molar refractivity (Wildman–Crippen MR) is 125 cm³/mol. The number of primary amides is 1. The number of fused-ring (bicyclic) bond motifs is 2. The number of nitrogens with two attached hydrogens (primary N) is 1. The van der Waals surface area contributed by atoms with Crippen molar-refractivity contribution < 1.29 is 23.1 Å². The first-order chi connectivity index (χ1) is 16.0. The van der Waals surface area contributed by atoms with Crippen LogP contribution in [0.25, 0.3) is 11.0 Å². The Hall–Kier alpha value is -3.06. The smallest absolute Gasteiger partial charge is 0.249 e. The van der Waals surface area contributed by atoms with Gasteiger partial charge in [0.05, 0.1) is 13.4 Å². The highest BCUT2D eigenvalue weighted by atomic mass is 19.1. The van der Waals surface area contributed by atoms with Gasteiger partial charge in [-0.1, -0.05) is 19.1 Å². The van der Waals surface area contributed by atoms with Gasteiger partial charge in [-0.15, -0.1) is 0 Å². The molecule has 1 aliphatic rings. The van der Waals surface area contributed by atoms with E-state index >= 15 is 0 Å². The summed E-state index contributed by atoms with van der Waals surface area (Å²) in [7, 11) is 1.65. The minimum absolute atomic E-state index is 0.0800. The van der Waals surface area contributed by atoms with Crippen molar-refractivity contribution in [3.8, 4) is 11.5 Å². The van der Waals surface area contributed by atoms with Gasteiger partial charge in [-0.25, -0.2) is 4.39 Å². The van der Waals surface area contributed by atoms with Crippen molar-refractivity contribution in [2.45, 2.75) is 45.1 Å². The van der Waals surface area contributed by atoms with E-state index in [1.807, 2.05) is 18.4 Å². The Labute approximate surface area is 193 Å². The van der Waals surface area contributed by atoms with Gasteiger partial charge in [0.15, 0.2) is 22.9 Å². The second-order valence-electron chi connectivity index (χ2n) is 8.53. The van der Waals surface area contributed by atoms with Crippen molar-refractivity contribution in [3.05, 3.63) is 59.1 Å². The Bertz CT molecular complexity index is 1130. The van der Waals surface area contributed by atoms with Crippen LogP contribution < -0.4 is 15.2 Å². The average Bonchev–Trinajstić information content (AvgIpc) is 3.24. The number of aryl methyl sites for hydroxylation is 1. The van der Waals surface area contributed by atoms with Gasteiger partial charge in [-0.2, -0.15) is 0 Å². The molecule has 0 saturated heterocycles. The second kappa shape index (κ2) is 10.3. The number of furan rings is 1. The fraction of sp³-hybridized carbons (Fsp3) is 0.423. The quantitative estimate of drug-likeness (QED) is 0.449. The predicted octanol–water partition coefficient (Wildman–Crippen LogP) is 4.72. The number of hydrogen-bond acceptors (Lipinski definition) is 5. The number of rotatable bonds is 10. The average molecular weight is 455 g/mol. The maximum atomic E-state index is 14.2. The van der Waals surface area contributed by atoms with Crippen LogP contribution >= 0.6 is 0 Å². The van der Waals surface area contributed by atoms with Crippen LogP contribution in [0, 0.1) is 5.82 Å². The molecule has 33 heavy (non-hydrogen) atoms. The molecule has 2 aromatic carbocycles.